The second-order valence-corrected chi connectivity index (χ2v) is 9.42. The van der Waals surface area contributed by atoms with Crippen molar-refractivity contribution < 1.29 is 17.9 Å². The molecule has 2 aromatic rings. The zero-order valence-corrected chi connectivity index (χ0v) is 19.3. The van der Waals surface area contributed by atoms with E-state index in [1.54, 1.807) is 24.3 Å². The lowest BCUT2D eigenvalue weighted by molar-refractivity contribution is -0.121. The first-order valence-corrected chi connectivity index (χ1v) is 12.0. The van der Waals surface area contributed by atoms with Gasteiger partial charge in [0.15, 0.2) is 0 Å². The van der Waals surface area contributed by atoms with Crippen LogP contribution in [0.2, 0.25) is 0 Å². The number of aryl methyl sites for hydroxylation is 2. The van der Waals surface area contributed by atoms with E-state index in [-0.39, 0.29) is 24.9 Å². The van der Waals surface area contributed by atoms with Gasteiger partial charge in [0.1, 0.15) is 5.75 Å². The third-order valence-corrected chi connectivity index (χ3v) is 6.38. The number of ether oxygens (including phenoxy) is 1. The van der Waals surface area contributed by atoms with Crippen molar-refractivity contribution in [1.82, 2.24) is 5.32 Å². The summed E-state index contributed by atoms with van der Waals surface area (Å²) < 4.78 is 31.0. The molecule has 1 N–H and O–H groups in total. The van der Waals surface area contributed by atoms with Crippen LogP contribution in [-0.4, -0.2) is 34.2 Å². The van der Waals surface area contributed by atoms with Gasteiger partial charge in [-0.05, 0) is 55.5 Å². The third kappa shape index (κ3) is 6.49. The molecule has 0 saturated carbocycles. The predicted octanol–water partition coefficient (Wildman–Crippen LogP) is 4.13. The summed E-state index contributed by atoms with van der Waals surface area (Å²) in [7, 11) is -1.94. The molecule has 1 amide bonds. The van der Waals surface area contributed by atoms with Crippen LogP contribution < -0.4 is 14.4 Å². The summed E-state index contributed by atoms with van der Waals surface area (Å²) >= 11 is 0. The Morgan fingerprint density at radius 1 is 1.13 bits per heavy atom. The van der Waals surface area contributed by atoms with Crippen molar-refractivity contribution in [2.75, 3.05) is 24.2 Å². The van der Waals surface area contributed by atoms with Crippen LogP contribution in [0, 0.1) is 13.8 Å². The Kier molecular flexibility index (Phi) is 8.29. The maximum Gasteiger partial charge on any atom is 0.232 e. The highest BCUT2D eigenvalue weighted by Crippen LogP contribution is 2.24. The van der Waals surface area contributed by atoms with Crippen molar-refractivity contribution in [3.8, 4) is 5.75 Å². The highest BCUT2D eigenvalue weighted by atomic mass is 32.2. The van der Waals surface area contributed by atoms with Crippen LogP contribution in [0.5, 0.6) is 5.75 Å². The molecule has 6 nitrogen and oxygen atoms in total. The first-order valence-electron chi connectivity index (χ1n) is 10.1. The Balaban J connectivity index is 2.00. The van der Waals surface area contributed by atoms with Crippen LogP contribution >= 0.6 is 0 Å². The Morgan fingerprint density at radius 2 is 1.87 bits per heavy atom. The molecule has 0 bridgehead atoms. The van der Waals surface area contributed by atoms with E-state index < -0.39 is 10.0 Å². The number of carbonyl (C=O) groups is 1. The van der Waals surface area contributed by atoms with E-state index in [4.69, 9.17) is 4.74 Å². The molecule has 2 aromatic carbocycles. The van der Waals surface area contributed by atoms with Crippen molar-refractivity contribution in [3.63, 3.8) is 0 Å². The van der Waals surface area contributed by atoms with Crippen molar-refractivity contribution in [2.45, 2.75) is 46.1 Å². The first kappa shape index (κ1) is 23.7. The van der Waals surface area contributed by atoms with E-state index in [2.05, 4.69) is 31.3 Å². The van der Waals surface area contributed by atoms with Gasteiger partial charge in [0.25, 0.3) is 0 Å². The number of amides is 1. The fourth-order valence-electron chi connectivity index (χ4n) is 3.30. The van der Waals surface area contributed by atoms with Crippen molar-refractivity contribution in [3.05, 3.63) is 59.2 Å². The molecule has 0 saturated heterocycles. The summed E-state index contributed by atoms with van der Waals surface area (Å²) in [6, 6.07) is 13.1. The smallest absolute Gasteiger partial charge is 0.232 e. The summed E-state index contributed by atoms with van der Waals surface area (Å²) in [6.45, 7) is 6.38. The number of benzene rings is 2. The van der Waals surface area contributed by atoms with E-state index in [1.165, 1.54) is 28.8 Å². The monoisotopic (exact) mass is 432 g/mol. The molecular weight excluding hydrogens is 400 g/mol. The minimum absolute atomic E-state index is 0.0544. The number of carbonyl (C=O) groups excluding carboxylic acids is 1. The Labute approximate surface area is 180 Å². The lowest BCUT2D eigenvalue weighted by Gasteiger charge is -2.23. The fraction of sp³-hybridized carbons (Fsp3) is 0.435. The fourth-order valence-corrected chi connectivity index (χ4v) is 4.26. The number of nitrogens with zero attached hydrogens (tertiary/aromatic N) is 1. The van der Waals surface area contributed by atoms with Gasteiger partial charge in [-0.1, -0.05) is 31.2 Å². The van der Waals surface area contributed by atoms with Gasteiger partial charge in [0.05, 0.1) is 25.1 Å². The van der Waals surface area contributed by atoms with Crippen LogP contribution in [0.3, 0.4) is 0 Å². The second-order valence-electron chi connectivity index (χ2n) is 7.51. The summed E-state index contributed by atoms with van der Waals surface area (Å²) in [5.41, 5.74) is 4.03. The average Bonchev–Trinajstić information content (AvgIpc) is 2.70. The Morgan fingerprint density at radius 3 is 2.47 bits per heavy atom. The summed E-state index contributed by atoms with van der Waals surface area (Å²) in [5.74, 6) is 0.497. The van der Waals surface area contributed by atoms with Crippen LogP contribution in [0.4, 0.5) is 5.69 Å². The highest BCUT2D eigenvalue weighted by molar-refractivity contribution is 7.92. The first-order chi connectivity index (χ1) is 14.2. The topological polar surface area (TPSA) is 75.7 Å². The molecule has 0 radical (unpaired) electrons. The molecule has 0 aliphatic carbocycles. The molecule has 2 rings (SSSR count). The van der Waals surface area contributed by atoms with Gasteiger partial charge >= 0.3 is 0 Å². The second kappa shape index (κ2) is 10.5. The molecule has 0 aliphatic heterocycles. The molecule has 164 valence electrons. The lowest BCUT2D eigenvalue weighted by Crippen LogP contribution is -2.33. The zero-order chi connectivity index (χ0) is 22.3. The molecule has 0 aliphatic rings. The van der Waals surface area contributed by atoms with Gasteiger partial charge in [-0.3, -0.25) is 9.10 Å². The highest BCUT2D eigenvalue weighted by Gasteiger charge is 2.19. The number of nitrogens with one attached hydrogen (secondary N) is 1. The van der Waals surface area contributed by atoms with E-state index >= 15 is 0 Å². The van der Waals surface area contributed by atoms with Gasteiger partial charge < -0.3 is 10.1 Å². The number of methoxy groups -OCH3 is 1. The molecule has 0 unspecified atom stereocenters. The minimum atomic E-state index is -3.47. The number of sulfonamides is 1. The Bertz CT molecular complexity index is 973. The standard InChI is InChI=1S/C23H32N2O4S/c1-6-22(19-13-12-17(2)18(3)15-19)24-23(26)11-8-14-25(30(5,27)28)20-9-7-10-21(16-20)29-4/h7,9-10,12-13,15-16,22H,6,8,11,14H2,1-5H3,(H,24,26)/t22-/m1/s1. The van der Waals surface area contributed by atoms with Crippen LogP contribution in [-0.2, 0) is 14.8 Å². The van der Waals surface area contributed by atoms with Gasteiger partial charge in [-0.15, -0.1) is 0 Å². The predicted molar refractivity (Wildman–Crippen MR) is 122 cm³/mol. The van der Waals surface area contributed by atoms with Crippen LogP contribution in [0.1, 0.15) is 48.9 Å². The van der Waals surface area contributed by atoms with Crippen molar-refractivity contribution in [2.24, 2.45) is 0 Å². The number of rotatable bonds is 10. The SMILES string of the molecule is CC[C@@H](NC(=O)CCCN(c1cccc(OC)c1)S(C)(=O)=O)c1ccc(C)c(C)c1. The van der Waals surface area contributed by atoms with Gasteiger partial charge in [0.2, 0.25) is 15.9 Å². The third-order valence-electron chi connectivity index (χ3n) is 5.18. The lowest BCUT2D eigenvalue weighted by atomic mass is 9.99. The minimum Gasteiger partial charge on any atom is -0.497 e. The zero-order valence-electron chi connectivity index (χ0n) is 18.4. The number of hydrogen-bond acceptors (Lipinski definition) is 4. The van der Waals surface area contributed by atoms with Crippen LogP contribution in [0.15, 0.2) is 42.5 Å². The normalized spacial score (nSPS) is 12.3. The number of hydrogen-bond donors (Lipinski definition) is 1. The van der Waals surface area contributed by atoms with E-state index in [0.717, 1.165) is 12.0 Å². The molecule has 1 atom stereocenters. The van der Waals surface area contributed by atoms with Crippen LogP contribution in [0.25, 0.3) is 0 Å². The molecule has 0 heterocycles. The van der Waals surface area contributed by atoms with E-state index in [9.17, 15) is 13.2 Å². The quantitative estimate of drug-likeness (QED) is 0.613. The molecule has 30 heavy (non-hydrogen) atoms. The van der Waals surface area contributed by atoms with E-state index in [0.29, 0.717) is 17.9 Å². The molecule has 0 aromatic heterocycles. The van der Waals surface area contributed by atoms with Crippen molar-refractivity contribution in [1.29, 1.82) is 0 Å². The summed E-state index contributed by atoms with van der Waals surface area (Å²) in [6.07, 6.45) is 2.61. The molecule has 7 heteroatoms. The number of anilines is 1. The Hall–Kier alpha value is -2.54. The maximum absolute atomic E-state index is 12.5. The molecular formula is C23H32N2O4S. The average molecular weight is 433 g/mol. The van der Waals surface area contributed by atoms with Gasteiger partial charge in [0, 0.05) is 19.0 Å². The summed E-state index contributed by atoms with van der Waals surface area (Å²) in [5, 5.41) is 3.07. The van der Waals surface area contributed by atoms with Gasteiger partial charge in [-0.2, -0.15) is 0 Å². The van der Waals surface area contributed by atoms with E-state index in [1.807, 2.05) is 13.0 Å². The maximum atomic E-state index is 12.5. The largest absolute Gasteiger partial charge is 0.497 e. The molecule has 0 fully saturated rings. The molecule has 0 spiro atoms. The van der Waals surface area contributed by atoms with Gasteiger partial charge in [-0.25, -0.2) is 8.42 Å². The summed E-state index contributed by atoms with van der Waals surface area (Å²) in [4.78, 5) is 12.5. The van der Waals surface area contributed by atoms with Crippen molar-refractivity contribution >= 4 is 21.6 Å².